The van der Waals surface area contributed by atoms with Crippen molar-refractivity contribution in [3.63, 3.8) is 0 Å². The topological polar surface area (TPSA) is 43.7 Å². The molecule has 0 radical (unpaired) electrons. The van der Waals surface area contributed by atoms with Crippen molar-refractivity contribution < 1.29 is 10.2 Å². The van der Waals surface area contributed by atoms with Gasteiger partial charge in [0.2, 0.25) is 0 Å². The van der Waals surface area contributed by atoms with E-state index in [1.54, 1.807) is 0 Å². The molecule has 1 aliphatic rings. The Kier molecular flexibility index (Phi) is 5.17. The summed E-state index contributed by atoms with van der Waals surface area (Å²) in [6, 6.07) is 10.6. The van der Waals surface area contributed by atoms with Crippen LogP contribution in [-0.4, -0.2) is 47.5 Å². The Balaban J connectivity index is 1.80. The summed E-state index contributed by atoms with van der Waals surface area (Å²) < 4.78 is 0. The van der Waals surface area contributed by atoms with Crippen LogP contribution in [0.5, 0.6) is 0 Å². The smallest absolute Gasteiger partial charge is 0.0609 e. The molecular weight excluding hydrogens is 226 g/mol. The molecule has 18 heavy (non-hydrogen) atoms. The van der Waals surface area contributed by atoms with Gasteiger partial charge in [-0.25, -0.2) is 0 Å². The first-order chi connectivity index (χ1) is 8.83. The van der Waals surface area contributed by atoms with Gasteiger partial charge in [0.1, 0.15) is 0 Å². The Hall–Kier alpha value is -0.900. The largest absolute Gasteiger partial charge is 0.395 e. The van der Waals surface area contributed by atoms with E-state index in [1.165, 1.54) is 5.56 Å². The fourth-order valence-electron chi connectivity index (χ4n) is 2.76. The maximum absolute atomic E-state index is 9.18. The molecule has 0 saturated carbocycles. The molecule has 1 aliphatic heterocycles. The molecule has 0 unspecified atom stereocenters. The van der Waals surface area contributed by atoms with Gasteiger partial charge in [0.05, 0.1) is 19.3 Å². The summed E-state index contributed by atoms with van der Waals surface area (Å²) in [5, 5.41) is 18.4. The van der Waals surface area contributed by atoms with Gasteiger partial charge in [0.25, 0.3) is 0 Å². The van der Waals surface area contributed by atoms with E-state index < -0.39 is 0 Å². The highest BCUT2D eigenvalue weighted by Gasteiger charge is 2.24. The number of aliphatic hydroxyl groups excluding tert-OH is 2. The SMILES string of the molecule is OCC(CO)N1CCC(Cc2ccccc2)CC1. The number of rotatable bonds is 5. The average molecular weight is 249 g/mol. The highest BCUT2D eigenvalue weighted by Crippen LogP contribution is 2.22. The lowest BCUT2D eigenvalue weighted by Gasteiger charge is -2.36. The van der Waals surface area contributed by atoms with E-state index in [1.807, 2.05) is 0 Å². The molecule has 3 heteroatoms. The zero-order valence-electron chi connectivity index (χ0n) is 10.8. The van der Waals surface area contributed by atoms with Crippen LogP contribution in [0.1, 0.15) is 18.4 Å². The van der Waals surface area contributed by atoms with E-state index in [2.05, 4.69) is 35.2 Å². The molecule has 1 fully saturated rings. The fourth-order valence-corrected chi connectivity index (χ4v) is 2.76. The number of nitrogens with zero attached hydrogens (tertiary/aromatic N) is 1. The molecule has 3 nitrogen and oxygen atoms in total. The van der Waals surface area contributed by atoms with Crippen LogP contribution in [0.2, 0.25) is 0 Å². The van der Waals surface area contributed by atoms with Crippen LogP contribution in [0, 0.1) is 5.92 Å². The van der Waals surface area contributed by atoms with Crippen molar-refractivity contribution in [3.8, 4) is 0 Å². The quantitative estimate of drug-likeness (QED) is 0.826. The zero-order valence-corrected chi connectivity index (χ0v) is 10.8. The van der Waals surface area contributed by atoms with E-state index in [9.17, 15) is 10.2 Å². The summed E-state index contributed by atoms with van der Waals surface area (Å²) >= 11 is 0. The minimum atomic E-state index is -0.0670. The second-order valence-electron chi connectivity index (χ2n) is 5.19. The maximum Gasteiger partial charge on any atom is 0.0609 e. The molecule has 1 aromatic carbocycles. The molecule has 0 atom stereocenters. The van der Waals surface area contributed by atoms with Crippen molar-refractivity contribution in [2.24, 2.45) is 5.92 Å². The molecule has 0 aliphatic carbocycles. The first kappa shape index (κ1) is 13.5. The lowest BCUT2D eigenvalue weighted by molar-refractivity contribution is 0.0494. The Morgan fingerprint density at radius 1 is 1.06 bits per heavy atom. The van der Waals surface area contributed by atoms with Gasteiger partial charge in [0, 0.05) is 0 Å². The van der Waals surface area contributed by atoms with Gasteiger partial charge in [-0.05, 0) is 43.8 Å². The number of piperidine rings is 1. The third-order valence-corrected chi connectivity index (χ3v) is 3.95. The third-order valence-electron chi connectivity index (χ3n) is 3.95. The second kappa shape index (κ2) is 6.88. The molecule has 0 aromatic heterocycles. The second-order valence-corrected chi connectivity index (χ2v) is 5.19. The van der Waals surface area contributed by atoms with Crippen LogP contribution in [0.15, 0.2) is 30.3 Å². The monoisotopic (exact) mass is 249 g/mol. The van der Waals surface area contributed by atoms with Gasteiger partial charge in [-0.2, -0.15) is 0 Å². The van der Waals surface area contributed by atoms with Crippen molar-refractivity contribution in [2.45, 2.75) is 25.3 Å². The predicted molar refractivity (Wildman–Crippen MR) is 72.4 cm³/mol. The van der Waals surface area contributed by atoms with Crippen LogP contribution < -0.4 is 0 Å². The molecule has 1 aromatic rings. The molecule has 1 saturated heterocycles. The van der Waals surface area contributed by atoms with Gasteiger partial charge in [0.15, 0.2) is 0 Å². The first-order valence-electron chi connectivity index (χ1n) is 6.83. The number of hydrogen-bond donors (Lipinski definition) is 2. The van der Waals surface area contributed by atoms with Gasteiger partial charge in [-0.3, -0.25) is 4.90 Å². The van der Waals surface area contributed by atoms with Crippen LogP contribution in [0.4, 0.5) is 0 Å². The maximum atomic E-state index is 9.18. The molecule has 2 rings (SSSR count). The molecule has 0 bridgehead atoms. The Morgan fingerprint density at radius 2 is 1.67 bits per heavy atom. The van der Waals surface area contributed by atoms with E-state index in [-0.39, 0.29) is 19.3 Å². The van der Waals surface area contributed by atoms with Crippen LogP contribution >= 0.6 is 0 Å². The van der Waals surface area contributed by atoms with E-state index in [0.717, 1.165) is 38.3 Å². The first-order valence-corrected chi connectivity index (χ1v) is 6.83. The minimum absolute atomic E-state index is 0.0554. The highest BCUT2D eigenvalue weighted by molar-refractivity contribution is 5.15. The summed E-state index contributed by atoms with van der Waals surface area (Å²) in [5.74, 6) is 0.738. The normalized spacial score (nSPS) is 18.4. The Bertz CT molecular complexity index is 330. The van der Waals surface area contributed by atoms with Gasteiger partial charge >= 0.3 is 0 Å². The molecule has 1 heterocycles. The van der Waals surface area contributed by atoms with Crippen molar-refractivity contribution in [2.75, 3.05) is 26.3 Å². The van der Waals surface area contributed by atoms with Crippen molar-refractivity contribution >= 4 is 0 Å². The van der Waals surface area contributed by atoms with Crippen LogP contribution in [-0.2, 0) is 6.42 Å². The molecule has 0 amide bonds. The summed E-state index contributed by atoms with van der Waals surface area (Å²) in [7, 11) is 0. The summed E-state index contributed by atoms with van der Waals surface area (Å²) in [6.45, 7) is 2.09. The third kappa shape index (κ3) is 3.55. The Labute approximate surface area is 109 Å². The lowest BCUT2D eigenvalue weighted by atomic mass is 9.89. The minimum Gasteiger partial charge on any atom is -0.395 e. The lowest BCUT2D eigenvalue weighted by Crippen LogP contribution is -2.45. The van der Waals surface area contributed by atoms with E-state index in [4.69, 9.17) is 0 Å². The molecule has 100 valence electrons. The van der Waals surface area contributed by atoms with Crippen LogP contribution in [0.25, 0.3) is 0 Å². The molecular formula is C15H23NO2. The highest BCUT2D eigenvalue weighted by atomic mass is 16.3. The van der Waals surface area contributed by atoms with Gasteiger partial charge in [-0.15, -0.1) is 0 Å². The van der Waals surface area contributed by atoms with E-state index >= 15 is 0 Å². The fraction of sp³-hybridized carbons (Fsp3) is 0.600. The van der Waals surface area contributed by atoms with Crippen molar-refractivity contribution in [1.82, 2.24) is 4.90 Å². The number of hydrogen-bond acceptors (Lipinski definition) is 3. The zero-order chi connectivity index (χ0) is 12.8. The number of benzene rings is 1. The molecule has 0 spiro atoms. The predicted octanol–water partition coefficient (Wildman–Crippen LogP) is 1.29. The number of aliphatic hydroxyl groups is 2. The van der Waals surface area contributed by atoms with Crippen LogP contribution in [0.3, 0.4) is 0 Å². The summed E-state index contributed by atoms with van der Waals surface area (Å²) in [6.07, 6.45) is 3.47. The summed E-state index contributed by atoms with van der Waals surface area (Å²) in [4.78, 5) is 2.21. The summed E-state index contributed by atoms with van der Waals surface area (Å²) in [5.41, 5.74) is 1.41. The van der Waals surface area contributed by atoms with Crippen molar-refractivity contribution in [1.29, 1.82) is 0 Å². The molecule has 2 N–H and O–H groups in total. The van der Waals surface area contributed by atoms with Crippen molar-refractivity contribution in [3.05, 3.63) is 35.9 Å². The number of likely N-dealkylation sites (tertiary alicyclic amines) is 1. The van der Waals surface area contributed by atoms with Gasteiger partial charge in [-0.1, -0.05) is 30.3 Å². The Morgan fingerprint density at radius 3 is 2.22 bits per heavy atom. The standard InChI is InChI=1S/C15H23NO2/c17-11-15(12-18)16-8-6-14(7-9-16)10-13-4-2-1-3-5-13/h1-5,14-15,17-18H,6-12H2. The average Bonchev–Trinajstić information content (AvgIpc) is 2.43. The van der Waals surface area contributed by atoms with Gasteiger partial charge < -0.3 is 10.2 Å². The van der Waals surface area contributed by atoms with E-state index in [0.29, 0.717) is 0 Å².